The molecule has 0 aliphatic carbocycles. The molecule has 0 aliphatic heterocycles. The third-order valence-corrected chi connectivity index (χ3v) is 4.11. The maximum absolute atomic E-state index is 13.9. The molecule has 4 nitrogen and oxygen atoms in total. The number of ether oxygens (including phenoxy) is 1. The zero-order chi connectivity index (χ0) is 17.6. The molecule has 3 rings (SSSR count). The highest BCUT2D eigenvalue weighted by Gasteiger charge is 2.08. The van der Waals surface area contributed by atoms with Crippen LogP contribution < -0.4 is 10.1 Å². The fraction of sp³-hybridized carbons (Fsp3) is 0.158. The molecule has 0 saturated heterocycles. The van der Waals surface area contributed by atoms with Gasteiger partial charge in [-0.3, -0.25) is 0 Å². The van der Waals surface area contributed by atoms with Crippen LogP contribution in [0.2, 0.25) is 0 Å². The highest BCUT2D eigenvalue weighted by Crippen LogP contribution is 2.17. The van der Waals surface area contributed by atoms with Gasteiger partial charge in [0.15, 0.2) is 11.6 Å². The number of nitrogens with zero attached hydrogens (tertiary/aromatic N) is 2. The molecule has 0 amide bonds. The Balaban J connectivity index is 1.63. The van der Waals surface area contributed by atoms with Crippen LogP contribution in [0.5, 0.6) is 6.01 Å². The summed E-state index contributed by atoms with van der Waals surface area (Å²) in [5.41, 5.74) is 3.20. The maximum Gasteiger partial charge on any atom is 0.318 e. The summed E-state index contributed by atoms with van der Waals surface area (Å²) in [6, 6.07) is 15.9. The number of benzene rings is 2. The summed E-state index contributed by atoms with van der Waals surface area (Å²) in [6.45, 7) is 2.81. The molecule has 0 unspecified atom stereocenters. The van der Waals surface area contributed by atoms with Gasteiger partial charge in [0, 0.05) is 11.0 Å². The van der Waals surface area contributed by atoms with E-state index in [9.17, 15) is 4.39 Å². The second kappa shape index (κ2) is 8.07. The van der Waals surface area contributed by atoms with E-state index < -0.39 is 5.82 Å². The average Bonchev–Trinajstić information content (AvgIpc) is 2.62. The van der Waals surface area contributed by atoms with E-state index in [4.69, 9.17) is 4.74 Å². The Hall–Kier alpha value is -2.47. The quantitative estimate of drug-likeness (QED) is 0.639. The first-order valence-electron chi connectivity index (χ1n) is 7.79. The highest BCUT2D eigenvalue weighted by atomic mass is 79.9. The molecular formula is C19H17BrFN3O. The van der Waals surface area contributed by atoms with E-state index in [-0.39, 0.29) is 11.8 Å². The van der Waals surface area contributed by atoms with Gasteiger partial charge in [-0.05, 0) is 30.2 Å². The molecule has 0 spiro atoms. The van der Waals surface area contributed by atoms with Gasteiger partial charge in [0.2, 0.25) is 0 Å². The minimum absolute atomic E-state index is 0.122. The summed E-state index contributed by atoms with van der Waals surface area (Å²) >= 11 is 3.39. The molecule has 3 aromatic rings. The normalized spacial score (nSPS) is 10.5. The lowest BCUT2D eigenvalue weighted by molar-refractivity contribution is 0.280. The largest absolute Gasteiger partial charge is 0.459 e. The van der Waals surface area contributed by atoms with Gasteiger partial charge in [-0.25, -0.2) is 9.37 Å². The lowest BCUT2D eigenvalue weighted by Gasteiger charge is -2.09. The molecular weight excluding hydrogens is 385 g/mol. The number of nitrogens with one attached hydrogen (secondary N) is 1. The predicted molar refractivity (Wildman–Crippen MR) is 99.0 cm³/mol. The van der Waals surface area contributed by atoms with Crippen LogP contribution in [0.4, 0.5) is 10.2 Å². The third-order valence-electron chi connectivity index (χ3n) is 3.58. The summed E-state index contributed by atoms with van der Waals surface area (Å²) in [5, 5.41) is 2.97. The van der Waals surface area contributed by atoms with Crippen molar-refractivity contribution >= 4 is 21.7 Å². The molecule has 0 radical (unpaired) electrons. The van der Waals surface area contributed by atoms with Crippen LogP contribution >= 0.6 is 15.9 Å². The molecule has 1 heterocycles. The molecule has 128 valence electrons. The monoisotopic (exact) mass is 401 g/mol. The van der Waals surface area contributed by atoms with Crippen LogP contribution in [-0.4, -0.2) is 9.97 Å². The SMILES string of the molecule is Cc1ccc(COc2ncc(F)c(NCc3ccc(Br)cc3)n2)cc1. The van der Waals surface area contributed by atoms with Gasteiger partial charge in [0.05, 0.1) is 6.20 Å². The Morgan fingerprint density at radius 1 is 1.04 bits per heavy atom. The van der Waals surface area contributed by atoms with Gasteiger partial charge in [0.1, 0.15) is 6.61 Å². The second-order valence-corrected chi connectivity index (χ2v) is 6.52. The van der Waals surface area contributed by atoms with Gasteiger partial charge in [0.25, 0.3) is 0 Å². The summed E-state index contributed by atoms with van der Waals surface area (Å²) in [5.74, 6) is -0.392. The van der Waals surface area contributed by atoms with Crippen molar-refractivity contribution in [2.24, 2.45) is 0 Å². The topological polar surface area (TPSA) is 47.0 Å². The van der Waals surface area contributed by atoms with Crippen molar-refractivity contribution < 1.29 is 9.13 Å². The van der Waals surface area contributed by atoms with Crippen LogP contribution in [-0.2, 0) is 13.2 Å². The molecule has 2 aromatic carbocycles. The Morgan fingerprint density at radius 3 is 2.44 bits per heavy atom. The fourth-order valence-electron chi connectivity index (χ4n) is 2.16. The summed E-state index contributed by atoms with van der Waals surface area (Å²) < 4.78 is 20.5. The van der Waals surface area contributed by atoms with Gasteiger partial charge >= 0.3 is 6.01 Å². The first kappa shape index (κ1) is 17.4. The van der Waals surface area contributed by atoms with E-state index in [1.54, 1.807) is 0 Å². The fourth-order valence-corrected chi connectivity index (χ4v) is 2.43. The van der Waals surface area contributed by atoms with Crippen LogP contribution in [0.15, 0.2) is 59.2 Å². The zero-order valence-corrected chi connectivity index (χ0v) is 15.3. The molecule has 25 heavy (non-hydrogen) atoms. The van der Waals surface area contributed by atoms with Gasteiger partial charge in [-0.1, -0.05) is 57.9 Å². The van der Waals surface area contributed by atoms with E-state index in [2.05, 4.69) is 31.2 Å². The van der Waals surface area contributed by atoms with E-state index in [1.807, 2.05) is 55.5 Å². The standard InChI is InChI=1S/C19H17BrFN3O/c1-13-2-4-15(5-3-13)12-25-19-23-11-17(21)18(24-19)22-10-14-6-8-16(20)9-7-14/h2-9,11H,10,12H2,1H3,(H,22,23,24). The van der Waals surface area contributed by atoms with E-state index >= 15 is 0 Å². The lowest BCUT2D eigenvalue weighted by atomic mass is 10.2. The Kier molecular flexibility index (Phi) is 5.60. The Morgan fingerprint density at radius 2 is 1.72 bits per heavy atom. The Labute approximate surface area is 154 Å². The number of anilines is 1. The van der Waals surface area contributed by atoms with Crippen molar-refractivity contribution in [3.05, 3.63) is 81.7 Å². The zero-order valence-electron chi connectivity index (χ0n) is 13.7. The van der Waals surface area contributed by atoms with Crippen LogP contribution in [0.25, 0.3) is 0 Å². The lowest BCUT2D eigenvalue weighted by Crippen LogP contribution is -2.07. The molecule has 6 heteroatoms. The van der Waals surface area contributed by atoms with Crippen LogP contribution in [0.3, 0.4) is 0 Å². The van der Waals surface area contributed by atoms with Crippen LogP contribution in [0, 0.1) is 12.7 Å². The van der Waals surface area contributed by atoms with Gasteiger partial charge in [-0.15, -0.1) is 0 Å². The number of hydrogen-bond acceptors (Lipinski definition) is 4. The minimum atomic E-state index is -0.514. The number of hydrogen-bond donors (Lipinski definition) is 1. The van der Waals surface area contributed by atoms with E-state index in [0.29, 0.717) is 13.2 Å². The molecule has 1 aromatic heterocycles. The van der Waals surface area contributed by atoms with E-state index in [1.165, 1.54) is 5.56 Å². The van der Waals surface area contributed by atoms with Crippen molar-refractivity contribution in [2.75, 3.05) is 5.32 Å². The van der Waals surface area contributed by atoms with Gasteiger partial charge < -0.3 is 10.1 Å². The van der Waals surface area contributed by atoms with Crippen molar-refractivity contribution in [2.45, 2.75) is 20.1 Å². The molecule has 0 bridgehead atoms. The number of halogens is 2. The highest BCUT2D eigenvalue weighted by molar-refractivity contribution is 9.10. The van der Waals surface area contributed by atoms with Crippen LogP contribution in [0.1, 0.15) is 16.7 Å². The molecule has 0 saturated carbocycles. The molecule has 0 aliphatic rings. The molecule has 1 N–H and O–H groups in total. The first-order chi connectivity index (χ1) is 12.1. The predicted octanol–water partition coefficient (Wildman–Crippen LogP) is 4.88. The second-order valence-electron chi connectivity index (χ2n) is 5.60. The van der Waals surface area contributed by atoms with E-state index in [0.717, 1.165) is 21.8 Å². The average molecular weight is 402 g/mol. The minimum Gasteiger partial charge on any atom is -0.459 e. The molecule has 0 atom stereocenters. The van der Waals surface area contributed by atoms with Gasteiger partial charge in [-0.2, -0.15) is 4.98 Å². The van der Waals surface area contributed by atoms with Crippen molar-refractivity contribution in [1.82, 2.24) is 9.97 Å². The van der Waals surface area contributed by atoms with Crippen molar-refractivity contribution in [3.8, 4) is 6.01 Å². The number of aromatic nitrogens is 2. The molecule has 0 fully saturated rings. The van der Waals surface area contributed by atoms with Crippen molar-refractivity contribution in [1.29, 1.82) is 0 Å². The summed E-state index contributed by atoms with van der Waals surface area (Å²) in [4.78, 5) is 7.99. The Bertz CT molecular complexity index is 838. The maximum atomic E-state index is 13.9. The number of rotatable bonds is 6. The smallest absolute Gasteiger partial charge is 0.318 e. The summed E-state index contributed by atoms with van der Waals surface area (Å²) in [6.07, 6.45) is 1.11. The van der Waals surface area contributed by atoms with Crippen molar-refractivity contribution in [3.63, 3.8) is 0 Å². The first-order valence-corrected chi connectivity index (χ1v) is 8.58. The summed E-state index contributed by atoms with van der Waals surface area (Å²) in [7, 11) is 0. The third kappa shape index (κ3) is 5.00. The number of aryl methyl sites for hydroxylation is 1.